The molecule has 3 heterocycles. The molecule has 0 fully saturated rings. The highest BCUT2D eigenvalue weighted by Gasteiger charge is 2.39. The van der Waals surface area contributed by atoms with Crippen LogP contribution in [-0.4, -0.2) is 260 Å². The molecule has 41 nitrogen and oxygen atoms in total. The first kappa shape index (κ1) is 132. The quantitative estimate of drug-likeness (QED) is 0.0252. The number of carbonyl (C=O) groups is 12. The van der Waals surface area contributed by atoms with Gasteiger partial charge in [-0.25, -0.2) is 54.3 Å². The van der Waals surface area contributed by atoms with Crippen LogP contribution in [0.5, 0.6) is 0 Å². The van der Waals surface area contributed by atoms with Gasteiger partial charge in [-0.2, -0.15) is 5.10 Å². The highest BCUT2D eigenvalue weighted by molar-refractivity contribution is 7.91. The van der Waals surface area contributed by atoms with E-state index in [0.29, 0.717) is 61.2 Å². The van der Waals surface area contributed by atoms with E-state index >= 15 is 0 Å². The van der Waals surface area contributed by atoms with Crippen molar-refractivity contribution in [2.45, 2.75) is 333 Å². The molecule has 3 aromatic rings. The summed E-state index contributed by atoms with van der Waals surface area (Å²) in [4.78, 5) is 163. The number of hydrogen-bond donors (Lipinski definition) is 15. The van der Waals surface area contributed by atoms with Crippen LogP contribution < -0.4 is 63.8 Å². The zero-order valence-electron chi connectivity index (χ0n) is 83.9. The van der Waals surface area contributed by atoms with Crippen molar-refractivity contribution in [1.29, 1.82) is 0 Å². The predicted octanol–water partition coefficient (Wildman–Crippen LogP) is 7.02. The Balaban J connectivity index is -0.00000194. The second-order valence-electron chi connectivity index (χ2n) is 38.6. The Morgan fingerprint density at radius 2 is 0.686 bits per heavy atom. The number of aliphatic hydroxyl groups excluding tert-OH is 3. The van der Waals surface area contributed by atoms with Crippen LogP contribution in [-0.2, 0) is 107 Å². The Morgan fingerprint density at radius 1 is 0.387 bits per heavy atom. The van der Waals surface area contributed by atoms with E-state index in [1.807, 2.05) is 125 Å². The Bertz CT molecular complexity index is 4400. The summed E-state index contributed by atoms with van der Waals surface area (Å²) < 4.78 is 94.8. The molecule has 15 N–H and O–H groups in total. The van der Waals surface area contributed by atoms with Crippen molar-refractivity contribution in [3.05, 3.63) is 50.9 Å². The van der Waals surface area contributed by atoms with Crippen molar-refractivity contribution in [2.24, 2.45) is 71.0 Å². The summed E-state index contributed by atoms with van der Waals surface area (Å²) in [6, 6.07) is -7.60. The zero-order chi connectivity index (χ0) is 103. The summed E-state index contributed by atoms with van der Waals surface area (Å²) in [6.07, 6.45) is -3.05. The molecule has 45 heteroatoms. The maximum Gasteiger partial charge on any atom is 0.409 e. The van der Waals surface area contributed by atoms with Gasteiger partial charge in [0.05, 0.1) is 59.4 Å². The van der Waals surface area contributed by atoms with Crippen LogP contribution in [0.25, 0.3) is 0 Å². The van der Waals surface area contributed by atoms with E-state index < -0.39 is 191 Å². The lowest BCUT2D eigenvalue weighted by Crippen LogP contribution is -2.55. The van der Waals surface area contributed by atoms with Gasteiger partial charge >= 0.3 is 18.3 Å². The van der Waals surface area contributed by atoms with Crippen molar-refractivity contribution in [1.82, 2.24) is 83.5 Å². The third-order valence-electron chi connectivity index (χ3n) is 20.5. The molecule has 0 aliphatic rings. The number of aliphatic hydroxyl groups is 3. The molecule has 0 saturated heterocycles. The Kier molecular flexibility index (Phi) is 61.2. The summed E-state index contributed by atoms with van der Waals surface area (Å²) in [7, 11) is -11.2. The van der Waals surface area contributed by atoms with Gasteiger partial charge in [-0.05, 0) is 126 Å². The number of amides is 12. The number of rotatable bonds is 54. The van der Waals surface area contributed by atoms with E-state index in [-0.39, 0.29) is 132 Å². The SMILES string of the molecule is C.C.C.Cc1cc(C)n(COC(=O)N[C@@H](CS(C)(=O)=O)C(=O)N[C@@H](CC(C)C)[C@@H](O)C[C@@H](C)C(=O)N[C@H](C(=O)NCC(C)C)C(C)C)n1.Cc1csc(COC(=O)N[C@@H](CS(C)(=O)=O)C(=O)N[C@@H](CC(C)C)[C@@H](O)C[C@@H](C)C(=O)N[C@H](C(=O)NCC(C)C)C(C)C)n1.Cc1nc(COC(=O)N[C@@H](CS(C)(=O)=O)C(=O)N[C@@H](CC(C)C)[C@@H](O)C[C@@H](C)C(=O)N[C@H](C(=O)NCC(C)C)C(C)C)c(C)o1. The van der Waals surface area contributed by atoms with Crippen LogP contribution in [0.3, 0.4) is 0 Å². The molecule has 0 unspecified atom stereocenters. The highest BCUT2D eigenvalue weighted by Crippen LogP contribution is 2.23. The number of nitrogens with one attached hydrogen (secondary N) is 12. The monoisotopic (exact) mass is 2030 g/mol. The van der Waals surface area contributed by atoms with Crippen molar-refractivity contribution in [2.75, 3.05) is 55.7 Å². The van der Waals surface area contributed by atoms with Crippen LogP contribution in [0.2, 0.25) is 0 Å². The number of oxazole rings is 1. The van der Waals surface area contributed by atoms with Gasteiger partial charge < -0.3 is 97.7 Å². The molecule has 0 aliphatic carbocycles. The van der Waals surface area contributed by atoms with Crippen molar-refractivity contribution < 1.29 is 117 Å². The normalized spacial score (nSPS) is 14.9. The van der Waals surface area contributed by atoms with Crippen LogP contribution in [0.15, 0.2) is 15.9 Å². The minimum atomic E-state index is -3.74. The average molecular weight is 2030 g/mol. The van der Waals surface area contributed by atoms with Crippen LogP contribution >= 0.6 is 11.3 Å². The molecule has 3 aromatic heterocycles. The standard InChI is InChI=1S/C30H54N6O8S.C30H53N5O9S.C29H51N5O8S2.3CH4/c1-17(2)11-23(25(37)12-20(7)27(38)34-26(19(5)6)29(40)31-14-18(3)4)32-28(39)24(15-45(10,42)43)33-30(41)44-16-36-22(9)13-21(8)35-36;1-16(2)11-22(25(36)12-19(7)27(37)35-26(18(5)6)29(39)31-13-17(3)4)33-28(38)24(15-45(10,41)42)34-30(40)43-14-23-20(8)44-21(9)32-23;1-16(2)10-21(23(35)11-19(7)26(36)34-25(18(5)6)28(38)30-12-17(3)4)32-27(37)22(15-44(9,40)41)33-29(39)42-13-24-31-20(8)14-43-24;;;/h13,17-20,23-26,37H,11-12,14-16H2,1-10H3,(H,31,40)(H,32,39)(H,33,41)(H,34,38);16-19,22,24-26,36H,11-15H2,1-10H3,(H,31,39)(H,33,38)(H,34,40)(H,35,37);14,16-19,21-23,25,35H,10-13,15H2,1-9H3,(H,30,38)(H,32,37)(H,33,39)(H,34,36);3*1H4/t20-,23+,24+,25+,26+;19-,22+,24+,25+,26+;19-,21+,22+,23+,25+;;;/m111.../s1. The fourth-order valence-electron chi connectivity index (χ4n) is 13.3. The van der Waals surface area contributed by atoms with E-state index in [1.54, 1.807) is 66.8 Å². The van der Waals surface area contributed by atoms with Crippen molar-refractivity contribution >= 4 is 112 Å². The van der Waals surface area contributed by atoms with Crippen molar-refractivity contribution in [3.63, 3.8) is 0 Å². The zero-order valence-corrected chi connectivity index (χ0v) is 87.1. The van der Waals surface area contributed by atoms with E-state index in [1.165, 1.54) is 16.0 Å². The number of ether oxygens (including phenoxy) is 3. The van der Waals surface area contributed by atoms with Crippen LogP contribution in [0.4, 0.5) is 14.4 Å². The van der Waals surface area contributed by atoms with Gasteiger partial charge in [0.2, 0.25) is 53.2 Å². The lowest BCUT2D eigenvalue weighted by atomic mass is 9.91. The number of hydrogen-bond acceptors (Lipinski definition) is 29. The van der Waals surface area contributed by atoms with Gasteiger partial charge in [0, 0.05) is 79.8 Å². The van der Waals surface area contributed by atoms with Gasteiger partial charge in [-0.3, -0.25) is 43.2 Å². The first-order valence-electron chi connectivity index (χ1n) is 45.6. The largest absolute Gasteiger partial charge is 0.446 e. The minimum Gasteiger partial charge on any atom is -0.446 e. The Morgan fingerprint density at radius 3 is 0.927 bits per heavy atom. The Hall–Kier alpha value is -9.18. The maximum atomic E-state index is 13.3. The molecule has 12 amide bonds. The molecule has 792 valence electrons. The molecule has 0 bridgehead atoms. The fraction of sp³-hybridized carbons (Fsp3) is 0.772. The third kappa shape index (κ3) is 55.4. The summed E-state index contributed by atoms with van der Waals surface area (Å²) in [5.41, 5.74) is 2.60. The summed E-state index contributed by atoms with van der Waals surface area (Å²) >= 11 is 1.29. The van der Waals surface area contributed by atoms with Gasteiger partial charge in [-0.15, -0.1) is 11.3 Å². The smallest absolute Gasteiger partial charge is 0.409 e. The topological polar surface area (TPSA) is 597 Å². The lowest BCUT2D eigenvalue weighted by Gasteiger charge is -2.30. The predicted molar refractivity (Wildman–Crippen MR) is 529 cm³/mol. The molecular formula is C92H170N16O25S4. The molecule has 0 spiro atoms. The van der Waals surface area contributed by atoms with Gasteiger partial charge in [0.25, 0.3) is 0 Å². The third-order valence-corrected chi connectivity index (χ3v) is 24.2. The number of thiazole rings is 1. The molecular weight excluding hydrogens is 1860 g/mol. The van der Waals surface area contributed by atoms with Gasteiger partial charge in [0.1, 0.15) is 95.4 Å². The number of carbonyl (C=O) groups excluding carboxylic acids is 12. The molecule has 0 aromatic carbocycles. The lowest BCUT2D eigenvalue weighted by molar-refractivity contribution is -0.132. The Labute approximate surface area is 818 Å². The minimum absolute atomic E-state index is 0. The molecule has 0 aliphatic heterocycles. The second kappa shape index (κ2) is 63.5. The van der Waals surface area contributed by atoms with Gasteiger partial charge in [0.15, 0.2) is 12.6 Å². The van der Waals surface area contributed by atoms with Crippen molar-refractivity contribution in [3.8, 4) is 0 Å². The van der Waals surface area contributed by atoms with Gasteiger partial charge in [-0.1, -0.05) is 168 Å². The first-order valence-corrected chi connectivity index (χ1v) is 52.6. The molecule has 3 rings (SSSR count). The molecule has 137 heavy (non-hydrogen) atoms. The van der Waals surface area contributed by atoms with Crippen LogP contribution in [0.1, 0.15) is 246 Å². The fourth-order valence-corrected chi connectivity index (χ4v) is 16.5. The number of aryl methyl sites for hydroxylation is 5. The van der Waals surface area contributed by atoms with E-state index in [0.717, 1.165) is 35.8 Å². The maximum absolute atomic E-state index is 13.3. The summed E-state index contributed by atoms with van der Waals surface area (Å²) in [5.74, 6) is -7.84. The number of nitrogens with zero attached hydrogens (tertiary/aromatic N) is 4. The molecule has 0 saturated carbocycles. The number of aromatic nitrogens is 4. The summed E-state index contributed by atoms with van der Waals surface area (Å²) in [6.45, 7) is 48.2. The highest BCUT2D eigenvalue weighted by atomic mass is 32.2. The number of sulfone groups is 3. The van der Waals surface area contributed by atoms with E-state index in [2.05, 4.69) is 78.9 Å². The molecule has 0 radical (unpaired) electrons. The second-order valence-corrected chi connectivity index (χ2v) is 46.1. The van der Waals surface area contributed by atoms with E-state index in [9.17, 15) is 98.1 Å². The van der Waals surface area contributed by atoms with E-state index in [4.69, 9.17) is 18.6 Å². The molecule has 15 atom stereocenters. The number of alkyl carbamates (subject to hydrolysis) is 3. The summed E-state index contributed by atoms with van der Waals surface area (Å²) in [5, 5.41) is 71.7. The van der Waals surface area contributed by atoms with Crippen LogP contribution in [0, 0.1) is 106 Å². The average Bonchev–Trinajstić information content (AvgIpc) is 1.63. The first-order chi connectivity index (χ1) is 61.7.